The molecule has 0 unspecified atom stereocenters. The second kappa shape index (κ2) is 4.59. The molecule has 0 aromatic heterocycles. The lowest BCUT2D eigenvalue weighted by atomic mass is 10.4. The van der Waals surface area contributed by atoms with E-state index < -0.39 is 6.69 Å². The van der Waals surface area contributed by atoms with Gasteiger partial charge in [-0.15, -0.1) is 22.2 Å². The summed E-state index contributed by atoms with van der Waals surface area (Å²) in [5, 5.41) is 0. The Hall–Kier alpha value is 0.797. The predicted octanol–water partition coefficient (Wildman–Crippen LogP) is 3.73. The van der Waals surface area contributed by atoms with Crippen molar-refractivity contribution < 1.29 is 0 Å². The zero-order chi connectivity index (χ0) is 7.33. The summed E-state index contributed by atoms with van der Waals surface area (Å²) in [6.07, 6.45) is 2.39. The highest BCUT2D eigenvalue weighted by Gasteiger charge is 2.23. The van der Waals surface area contributed by atoms with Gasteiger partial charge < -0.3 is 0 Å². The molecule has 0 atom stereocenters. The molecule has 0 fully saturated rings. The first-order valence-corrected chi connectivity index (χ1v) is 7.94. The topological polar surface area (TPSA) is 0 Å². The van der Waals surface area contributed by atoms with Crippen LogP contribution in [0.2, 0.25) is 12.1 Å². The Morgan fingerprint density at radius 3 is 2.11 bits per heavy atom. The molecule has 0 aliphatic heterocycles. The van der Waals surface area contributed by atoms with Crippen LogP contribution in [0.1, 0.15) is 26.7 Å². The maximum atomic E-state index is 6.00. The third-order valence-electron chi connectivity index (χ3n) is 1.41. The molecular weight excluding hydrogens is 171 g/mol. The molecule has 0 aliphatic carbocycles. The summed E-state index contributed by atoms with van der Waals surface area (Å²) in [5.74, 6) is 0. The smallest absolute Gasteiger partial charge is 0.146 e. The van der Waals surface area contributed by atoms with Gasteiger partial charge in [-0.05, 0) is 12.1 Å². The fourth-order valence-corrected chi connectivity index (χ4v) is 2.64. The summed E-state index contributed by atoms with van der Waals surface area (Å²) in [7, 11) is 0. The predicted molar refractivity (Wildman–Crippen MR) is 47.7 cm³/mol. The van der Waals surface area contributed by atoms with Gasteiger partial charge in [-0.3, -0.25) is 0 Å². The Balaban J connectivity index is 3.33. The van der Waals surface area contributed by atoms with E-state index in [1.807, 2.05) is 0 Å². The molecule has 56 valence electrons. The van der Waals surface area contributed by atoms with Gasteiger partial charge in [-0.25, -0.2) is 0 Å². The van der Waals surface area contributed by atoms with Crippen LogP contribution in [-0.2, 0) is 0 Å². The van der Waals surface area contributed by atoms with Crippen LogP contribution in [-0.4, -0.2) is 6.69 Å². The normalized spacial score (nSPS) is 12.0. The molecule has 0 spiro atoms. The van der Waals surface area contributed by atoms with Gasteiger partial charge in [0.25, 0.3) is 6.69 Å². The zero-order valence-corrected chi connectivity index (χ0v) is 8.60. The summed E-state index contributed by atoms with van der Waals surface area (Å²) in [5.41, 5.74) is 0. The highest BCUT2D eigenvalue weighted by atomic mass is 35.7. The maximum absolute atomic E-state index is 6.00. The lowest BCUT2D eigenvalue weighted by Crippen LogP contribution is -2.15. The Kier molecular flexibility index (Phi) is 4.99. The van der Waals surface area contributed by atoms with E-state index in [4.69, 9.17) is 22.2 Å². The van der Waals surface area contributed by atoms with Gasteiger partial charge in [-0.2, -0.15) is 0 Å². The minimum absolute atomic E-state index is 0.982. The molecule has 0 amide bonds. The summed E-state index contributed by atoms with van der Waals surface area (Å²) in [6, 6.07) is 2.04. The van der Waals surface area contributed by atoms with Gasteiger partial charge in [0, 0.05) is 0 Å². The van der Waals surface area contributed by atoms with Crippen molar-refractivity contribution in [2.45, 2.75) is 38.8 Å². The number of halogens is 2. The zero-order valence-electron chi connectivity index (χ0n) is 6.08. The molecule has 0 saturated heterocycles. The maximum Gasteiger partial charge on any atom is 0.251 e. The van der Waals surface area contributed by atoms with E-state index in [2.05, 4.69) is 13.8 Å². The van der Waals surface area contributed by atoms with Crippen molar-refractivity contribution >= 4 is 28.9 Å². The van der Waals surface area contributed by atoms with Gasteiger partial charge in [0.15, 0.2) is 0 Å². The number of unbranched alkanes of at least 4 members (excludes halogenated alkanes) is 1. The van der Waals surface area contributed by atoms with Crippen LogP contribution >= 0.6 is 22.2 Å². The molecule has 0 N–H and O–H groups in total. The van der Waals surface area contributed by atoms with E-state index in [0.717, 1.165) is 12.1 Å². The van der Waals surface area contributed by atoms with E-state index in [1.54, 1.807) is 0 Å². The summed E-state index contributed by atoms with van der Waals surface area (Å²) in [6.45, 7) is 2.48. The van der Waals surface area contributed by atoms with Crippen molar-refractivity contribution in [1.29, 1.82) is 0 Å². The minimum atomic E-state index is -1.75. The first-order chi connectivity index (χ1) is 4.12. The summed E-state index contributed by atoms with van der Waals surface area (Å²) >= 11 is 12.0. The Morgan fingerprint density at radius 2 is 1.78 bits per heavy atom. The molecule has 0 aromatic rings. The second-order valence-corrected chi connectivity index (χ2v) is 10.2. The number of hydrogen-bond donors (Lipinski definition) is 0. The van der Waals surface area contributed by atoms with Gasteiger partial charge in [0.05, 0.1) is 0 Å². The minimum Gasteiger partial charge on any atom is -0.146 e. The first kappa shape index (κ1) is 9.80. The van der Waals surface area contributed by atoms with Crippen LogP contribution in [0.25, 0.3) is 0 Å². The van der Waals surface area contributed by atoms with Crippen molar-refractivity contribution in [2.24, 2.45) is 0 Å². The first-order valence-electron chi connectivity index (χ1n) is 3.50. The van der Waals surface area contributed by atoms with Crippen LogP contribution < -0.4 is 0 Å². The highest BCUT2D eigenvalue weighted by molar-refractivity contribution is 7.45. The van der Waals surface area contributed by atoms with Crippen molar-refractivity contribution in [1.82, 2.24) is 0 Å². The summed E-state index contributed by atoms with van der Waals surface area (Å²) in [4.78, 5) is 0. The summed E-state index contributed by atoms with van der Waals surface area (Å²) < 4.78 is 0. The number of rotatable bonds is 4. The molecule has 0 radical (unpaired) electrons. The molecule has 0 saturated carbocycles. The lowest BCUT2D eigenvalue weighted by molar-refractivity contribution is 0.873. The van der Waals surface area contributed by atoms with Crippen LogP contribution in [0.4, 0.5) is 0 Å². The lowest BCUT2D eigenvalue weighted by Gasteiger charge is -2.11. The molecule has 0 bridgehead atoms. The van der Waals surface area contributed by atoms with E-state index in [-0.39, 0.29) is 0 Å². The number of hydrogen-bond acceptors (Lipinski definition) is 0. The van der Waals surface area contributed by atoms with Crippen LogP contribution in [0, 0.1) is 0 Å². The van der Waals surface area contributed by atoms with Crippen LogP contribution in [0.3, 0.4) is 0 Å². The van der Waals surface area contributed by atoms with Gasteiger partial charge in [-0.1, -0.05) is 26.7 Å². The molecular formula is C6H14Cl2Si. The molecule has 0 nitrogen and oxygen atoms in total. The van der Waals surface area contributed by atoms with Crippen molar-refractivity contribution in [3.05, 3.63) is 0 Å². The average Bonchev–Trinajstić information content (AvgIpc) is 1.84. The van der Waals surface area contributed by atoms with Crippen LogP contribution in [0.15, 0.2) is 0 Å². The van der Waals surface area contributed by atoms with Crippen LogP contribution in [0.5, 0.6) is 0 Å². The largest absolute Gasteiger partial charge is 0.251 e. The monoisotopic (exact) mass is 184 g/mol. The van der Waals surface area contributed by atoms with Crippen molar-refractivity contribution in [2.75, 3.05) is 0 Å². The SMILES string of the molecule is CCCC[Si](Cl)(Cl)CC. The molecule has 0 rings (SSSR count). The van der Waals surface area contributed by atoms with Crippen molar-refractivity contribution in [3.63, 3.8) is 0 Å². The van der Waals surface area contributed by atoms with E-state index in [0.29, 0.717) is 0 Å². The van der Waals surface area contributed by atoms with Crippen molar-refractivity contribution in [3.8, 4) is 0 Å². The third kappa shape index (κ3) is 5.25. The Labute approximate surface area is 68.0 Å². The third-order valence-corrected chi connectivity index (χ3v) is 6.27. The highest BCUT2D eigenvalue weighted by Crippen LogP contribution is 2.26. The molecule has 3 heteroatoms. The fraction of sp³-hybridized carbons (Fsp3) is 1.00. The molecule has 0 heterocycles. The molecule has 9 heavy (non-hydrogen) atoms. The standard InChI is InChI=1S/C6H14Cl2Si/c1-3-5-6-9(7,8)4-2/h3-6H2,1-2H3. The van der Waals surface area contributed by atoms with E-state index >= 15 is 0 Å². The molecule has 0 aromatic carbocycles. The Bertz CT molecular complexity index is 73.5. The average molecular weight is 185 g/mol. The fourth-order valence-electron chi connectivity index (χ4n) is 0.612. The molecule has 0 aliphatic rings. The van der Waals surface area contributed by atoms with E-state index in [1.165, 1.54) is 12.8 Å². The van der Waals surface area contributed by atoms with Gasteiger partial charge >= 0.3 is 0 Å². The van der Waals surface area contributed by atoms with Gasteiger partial charge in [0.2, 0.25) is 0 Å². The quantitative estimate of drug-likeness (QED) is 0.462. The van der Waals surface area contributed by atoms with E-state index in [9.17, 15) is 0 Å². The van der Waals surface area contributed by atoms with Gasteiger partial charge in [0.1, 0.15) is 0 Å². The Morgan fingerprint density at radius 1 is 1.22 bits per heavy atom. The second-order valence-electron chi connectivity index (χ2n) is 2.31.